The van der Waals surface area contributed by atoms with Crippen molar-refractivity contribution in [3.05, 3.63) is 158 Å². The first-order valence-corrected chi connectivity index (χ1v) is 30.6. The number of likely N-dealkylation sites (N-methyl/N-ethyl adjacent to an activating group) is 1. The van der Waals surface area contributed by atoms with E-state index in [4.69, 9.17) is 18.9 Å². The molecule has 79 heavy (non-hydrogen) atoms. The monoisotopic (exact) mass is 1090 g/mol. The van der Waals surface area contributed by atoms with Crippen LogP contribution in [-0.4, -0.2) is 87.4 Å². The van der Waals surface area contributed by atoms with Gasteiger partial charge in [0.2, 0.25) is 0 Å². The first-order valence-electron chi connectivity index (χ1n) is 30.6. The Morgan fingerprint density at radius 3 is 1.08 bits per heavy atom. The smallest absolute Gasteiger partial charge is 0.361 e. The van der Waals surface area contributed by atoms with Gasteiger partial charge in [-0.05, 0) is 103 Å². The number of ether oxygens (including phenoxy) is 4. The molecule has 0 aliphatic heterocycles. The quantitative estimate of drug-likeness (QED) is 0.0211. The molecule has 0 aromatic rings. The fourth-order valence-corrected chi connectivity index (χ4v) is 7.69. The molecule has 2 atom stereocenters. The number of carbonyl (C=O) groups excluding carboxylic acids is 2. The van der Waals surface area contributed by atoms with Crippen LogP contribution in [0.15, 0.2) is 158 Å². The standard InChI is InChI=1S/C70H111NO8/c1-6-8-10-12-14-16-18-20-22-23-24-25-26-27-28-29-30-31-32-33-34-35-36-37-38-39-40-41-42-43-44-45-47-49-51-53-55-57-59-61-68(73)79-66(65-78-70(69(74)75)76-63-62-71(3,4)5)64-77-67(72)60-58-56-54-52-50-48-46-21-19-17-15-13-11-9-7-2/h8-11,14-17,20-22,24-25,27-28,30-31,33-34,36-37,46,50,52,56,58,66,70H,6-7,12-13,18-19,23,26,29,32,35,38-45,47-49,51,53-55,57,59-65H2,1-5H3/p+1/b10-8-,11-9-,16-14-,17-15-,22-20-,25-24-,28-27-,31-30-,34-33-,37-36-,46-21-,52-50-,58-56-. The molecular formula is C70H112NO8+. The highest BCUT2D eigenvalue weighted by Gasteiger charge is 2.25. The van der Waals surface area contributed by atoms with Crippen LogP contribution in [0.5, 0.6) is 0 Å². The third-order valence-corrected chi connectivity index (χ3v) is 12.3. The lowest BCUT2D eigenvalue weighted by Crippen LogP contribution is -2.40. The van der Waals surface area contributed by atoms with Gasteiger partial charge in [0.1, 0.15) is 13.2 Å². The third kappa shape index (κ3) is 60.4. The number of unbranched alkanes of at least 4 members (excludes halogenated alkanes) is 14. The molecule has 0 saturated carbocycles. The number of hydrogen-bond acceptors (Lipinski definition) is 7. The van der Waals surface area contributed by atoms with Crippen LogP contribution >= 0.6 is 0 Å². The lowest BCUT2D eigenvalue weighted by atomic mass is 10.0. The molecule has 0 heterocycles. The zero-order valence-corrected chi connectivity index (χ0v) is 50.5. The van der Waals surface area contributed by atoms with Crippen molar-refractivity contribution in [1.29, 1.82) is 0 Å². The summed E-state index contributed by atoms with van der Waals surface area (Å²) in [6.07, 6.45) is 85.2. The molecule has 0 aliphatic carbocycles. The number of carboxylic acid groups (broad SMARTS) is 1. The Bertz CT molecular complexity index is 1850. The van der Waals surface area contributed by atoms with Gasteiger partial charge >= 0.3 is 17.9 Å². The minimum Gasteiger partial charge on any atom is -0.477 e. The summed E-state index contributed by atoms with van der Waals surface area (Å²) in [6, 6.07) is 0. The van der Waals surface area contributed by atoms with Gasteiger partial charge in [0.15, 0.2) is 6.10 Å². The minimum absolute atomic E-state index is 0.0628. The summed E-state index contributed by atoms with van der Waals surface area (Å²) in [5.74, 6) is -2.18. The molecule has 0 amide bonds. The predicted octanol–water partition coefficient (Wildman–Crippen LogP) is 18.6. The molecule has 0 bridgehead atoms. The summed E-state index contributed by atoms with van der Waals surface area (Å²) in [7, 11) is 5.93. The van der Waals surface area contributed by atoms with E-state index in [1.807, 2.05) is 33.3 Å². The Kier molecular flexibility index (Phi) is 55.2. The number of aliphatic carboxylic acids is 1. The second kappa shape index (κ2) is 59.0. The predicted molar refractivity (Wildman–Crippen MR) is 336 cm³/mol. The van der Waals surface area contributed by atoms with Crippen LogP contribution in [0.4, 0.5) is 0 Å². The number of allylic oxidation sites excluding steroid dienone is 25. The van der Waals surface area contributed by atoms with Crippen molar-refractivity contribution < 1.29 is 42.9 Å². The van der Waals surface area contributed by atoms with Crippen molar-refractivity contribution in [2.75, 3.05) is 47.5 Å². The van der Waals surface area contributed by atoms with E-state index in [2.05, 4.69) is 154 Å². The van der Waals surface area contributed by atoms with Crippen molar-refractivity contribution >= 4 is 17.9 Å². The van der Waals surface area contributed by atoms with E-state index in [0.29, 0.717) is 23.9 Å². The number of hydrogen-bond donors (Lipinski definition) is 1. The largest absolute Gasteiger partial charge is 0.477 e. The summed E-state index contributed by atoms with van der Waals surface area (Å²) < 4.78 is 22.7. The van der Waals surface area contributed by atoms with Crippen molar-refractivity contribution in [2.45, 2.75) is 219 Å². The zero-order chi connectivity index (χ0) is 57.6. The molecule has 0 spiro atoms. The molecule has 9 heteroatoms. The van der Waals surface area contributed by atoms with Gasteiger partial charge in [-0.1, -0.05) is 249 Å². The van der Waals surface area contributed by atoms with E-state index < -0.39 is 30.3 Å². The van der Waals surface area contributed by atoms with E-state index in [1.165, 1.54) is 70.6 Å². The molecule has 0 saturated heterocycles. The highest BCUT2D eigenvalue weighted by Crippen LogP contribution is 2.15. The number of carboxylic acids is 1. The van der Waals surface area contributed by atoms with Gasteiger partial charge in [-0.3, -0.25) is 9.59 Å². The van der Waals surface area contributed by atoms with Crippen LogP contribution in [0.25, 0.3) is 0 Å². The molecule has 0 aliphatic rings. The van der Waals surface area contributed by atoms with E-state index in [0.717, 1.165) is 96.3 Å². The van der Waals surface area contributed by atoms with Crippen molar-refractivity contribution in [1.82, 2.24) is 0 Å². The molecule has 0 radical (unpaired) electrons. The summed E-state index contributed by atoms with van der Waals surface area (Å²) in [5, 5.41) is 9.69. The average molecular weight is 1100 g/mol. The maximum atomic E-state index is 12.9. The van der Waals surface area contributed by atoms with Crippen molar-refractivity contribution in [3.63, 3.8) is 0 Å². The molecular weight excluding hydrogens is 983 g/mol. The normalized spacial score (nSPS) is 13.9. The van der Waals surface area contributed by atoms with Gasteiger partial charge in [0.25, 0.3) is 6.29 Å². The van der Waals surface area contributed by atoms with Crippen LogP contribution < -0.4 is 0 Å². The van der Waals surface area contributed by atoms with E-state index in [1.54, 1.807) is 6.08 Å². The minimum atomic E-state index is -1.54. The molecule has 0 aromatic carbocycles. The lowest BCUT2D eigenvalue weighted by Gasteiger charge is -2.25. The van der Waals surface area contributed by atoms with Crippen LogP contribution in [0.1, 0.15) is 206 Å². The Morgan fingerprint density at radius 1 is 0.392 bits per heavy atom. The molecule has 1 N–H and O–H groups in total. The summed E-state index contributed by atoms with van der Waals surface area (Å²) in [5.41, 5.74) is 0. The zero-order valence-electron chi connectivity index (χ0n) is 50.5. The highest BCUT2D eigenvalue weighted by molar-refractivity contribution is 5.72. The van der Waals surface area contributed by atoms with E-state index >= 15 is 0 Å². The topological polar surface area (TPSA) is 108 Å². The van der Waals surface area contributed by atoms with Gasteiger partial charge in [-0.25, -0.2) is 4.79 Å². The summed E-state index contributed by atoms with van der Waals surface area (Å²) in [6.45, 7) is 4.51. The number of nitrogens with zero attached hydrogens (tertiary/aromatic N) is 1. The summed E-state index contributed by atoms with van der Waals surface area (Å²) in [4.78, 5) is 37.3. The van der Waals surface area contributed by atoms with Crippen LogP contribution in [0.2, 0.25) is 0 Å². The van der Waals surface area contributed by atoms with Gasteiger partial charge < -0.3 is 28.5 Å². The van der Waals surface area contributed by atoms with Gasteiger partial charge in [-0.2, -0.15) is 0 Å². The van der Waals surface area contributed by atoms with Crippen LogP contribution in [0.3, 0.4) is 0 Å². The third-order valence-electron chi connectivity index (χ3n) is 12.3. The van der Waals surface area contributed by atoms with E-state index in [-0.39, 0.29) is 32.7 Å². The Morgan fingerprint density at radius 2 is 0.722 bits per heavy atom. The molecule has 9 nitrogen and oxygen atoms in total. The number of rotatable bonds is 54. The summed E-state index contributed by atoms with van der Waals surface area (Å²) >= 11 is 0. The Balaban J connectivity index is 4.17. The van der Waals surface area contributed by atoms with Crippen LogP contribution in [0, 0.1) is 0 Å². The Labute approximate surface area is 483 Å². The van der Waals surface area contributed by atoms with Gasteiger partial charge in [-0.15, -0.1) is 0 Å². The first kappa shape index (κ1) is 73.9. The molecule has 2 unspecified atom stereocenters. The number of carbonyl (C=O) groups is 3. The molecule has 0 aromatic heterocycles. The van der Waals surface area contributed by atoms with Crippen molar-refractivity contribution in [2.24, 2.45) is 0 Å². The van der Waals surface area contributed by atoms with Crippen LogP contribution in [-0.2, 0) is 33.3 Å². The van der Waals surface area contributed by atoms with E-state index in [9.17, 15) is 19.5 Å². The number of quaternary nitrogens is 1. The van der Waals surface area contributed by atoms with Crippen molar-refractivity contribution in [3.8, 4) is 0 Å². The number of esters is 2. The van der Waals surface area contributed by atoms with Gasteiger partial charge in [0, 0.05) is 6.42 Å². The van der Waals surface area contributed by atoms with Gasteiger partial charge in [0.05, 0.1) is 40.8 Å². The second-order valence-corrected chi connectivity index (χ2v) is 20.9. The molecule has 0 fully saturated rings. The lowest BCUT2D eigenvalue weighted by molar-refractivity contribution is -0.870. The fourth-order valence-electron chi connectivity index (χ4n) is 7.69. The molecule has 444 valence electrons. The fraction of sp³-hybridized carbons (Fsp3) is 0.586. The SMILES string of the molecule is CC/C=C\C/C=C\C/C=C\C/C=C\C/C=C\C/C=C\C/C=C\C/C=C\CCCCCCCCCCCCCCCCC(=O)OC(COC(=O)C/C=C\C/C=C\C/C=C\C/C=C\C/C=C\CC)COC(OCC[N+](C)(C)C)C(=O)O. The molecule has 0 rings (SSSR count). The second-order valence-electron chi connectivity index (χ2n) is 20.9. The maximum Gasteiger partial charge on any atom is 0.361 e. The average Bonchev–Trinajstić information content (AvgIpc) is 3.42. The first-order chi connectivity index (χ1) is 38.6. The maximum absolute atomic E-state index is 12.9. The highest BCUT2D eigenvalue weighted by atomic mass is 16.7. The Hall–Kier alpha value is -5.09.